The third-order valence-corrected chi connectivity index (χ3v) is 6.42. The van der Waals surface area contributed by atoms with E-state index in [1.807, 2.05) is 12.2 Å². The molecule has 1 aromatic rings. The standard InChI is InChI=1S/C20H19F5N4OS.H2/c1-10(29-18(30)14(27-2)7-13(26)17(21)22)15-5-11-8-19(9-11,31-15)12-3-4-28-16(6-12)20(23,24)25;/h3-8,10,17H,9,26H2,1-2H3,(H,29,30);1H/b13-7-,27-14?;. The van der Waals surface area contributed by atoms with Crippen molar-refractivity contribution in [1.82, 2.24) is 10.3 Å². The molecule has 11 heteroatoms. The van der Waals surface area contributed by atoms with Gasteiger partial charge in [0, 0.05) is 19.6 Å². The second kappa shape index (κ2) is 8.45. The molecule has 0 aromatic carbocycles. The molecule has 5 nitrogen and oxygen atoms in total. The van der Waals surface area contributed by atoms with E-state index in [1.54, 1.807) is 13.0 Å². The summed E-state index contributed by atoms with van der Waals surface area (Å²) < 4.78 is 63.7. The largest absolute Gasteiger partial charge is 0.433 e. The number of amides is 1. The quantitative estimate of drug-likeness (QED) is 0.493. The first kappa shape index (κ1) is 23.0. The van der Waals surface area contributed by atoms with Crippen LogP contribution in [-0.2, 0) is 15.7 Å². The zero-order chi connectivity index (χ0) is 23.0. The minimum Gasteiger partial charge on any atom is -0.397 e. The third kappa shape index (κ3) is 4.81. The molecule has 168 valence electrons. The highest BCUT2D eigenvalue weighted by Gasteiger charge is 2.45. The maximum atomic E-state index is 13.1. The van der Waals surface area contributed by atoms with E-state index in [2.05, 4.69) is 15.3 Å². The fourth-order valence-electron chi connectivity index (χ4n) is 3.26. The molecular formula is C20H21F5N4OS. The Balaban J connectivity index is 0.00000363. The number of pyridine rings is 1. The van der Waals surface area contributed by atoms with Crippen molar-refractivity contribution in [3.63, 3.8) is 0 Å². The number of thioether (sulfide) groups is 1. The van der Waals surface area contributed by atoms with Crippen LogP contribution >= 0.6 is 11.8 Å². The smallest absolute Gasteiger partial charge is 0.397 e. The summed E-state index contributed by atoms with van der Waals surface area (Å²) in [4.78, 5) is 20.2. The number of aromatic nitrogens is 1. The summed E-state index contributed by atoms with van der Waals surface area (Å²) >= 11 is 1.34. The molecule has 0 radical (unpaired) electrons. The first-order chi connectivity index (χ1) is 14.4. The van der Waals surface area contributed by atoms with Crippen molar-refractivity contribution in [2.24, 2.45) is 10.7 Å². The number of nitrogens with two attached hydrogens (primary N) is 1. The maximum absolute atomic E-state index is 13.1. The molecule has 2 unspecified atom stereocenters. The number of hydrogen-bond donors (Lipinski definition) is 2. The summed E-state index contributed by atoms with van der Waals surface area (Å²) in [7, 11) is 1.28. The number of alkyl halides is 5. The number of halogens is 5. The highest BCUT2D eigenvalue weighted by Crippen LogP contribution is 2.58. The van der Waals surface area contributed by atoms with Gasteiger partial charge in [0.15, 0.2) is 0 Å². The number of carbonyl (C=O) groups excluding carboxylic acids is 1. The Bertz CT molecular complexity index is 1020. The van der Waals surface area contributed by atoms with Crippen LogP contribution in [0.25, 0.3) is 0 Å². The van der Waals surface area contributed by atoms with Gasteiger partial charge in [-0.1, -0.05) is 6.08 Å². The van der Waals surface area contributed by atoms with Crippen molar-refractivity contribution >= 4 is 23.4 Å². The Morgan fingerprint density at radius 2 is 2.13 bits per heavy atom. The third-order valence-electron chi connectivity index (χ3n) is 4.86. The molecule has 0 fully saturated rings. The Morgan fingerprint density at radius 1 is 1.45 bits per heavy atom. The fraction of sp³-hybridized carbons (Fsp3) is 0.350. The normalized spacial score (nSPS) is 22.5. The molecule has 1 aliphatic carbocycles. The number of nitrogens with zero attached hydrogens (tertiary/aromatic N) is 2. The molecule has 2 aliphatic heterocycles. The van der Waals surface area contributed by atoms with Gasteiger partial charge in [-0.05, 0) is 48.8 Å². The van der Waals surface area contributed by atoms with Crippen molar-refractivity contribution in [2.75, 3.05) is 7.05 Å². The molecule has 1 aromatic heterocycles. The van der Waals surface area contributed by atoms with Crippen molar-refractivity contribution in [2.45, 2.75) is 36.7 Å². The van der Waals surface area contributed by atoms with Gasteiger partial charge < -0.3 is 11.1 Å². The average Bonchev–Trinajstić information content (AvgIpc) is 2.70. The van der Waals surface area contributed by atoms with Crippen LogP contribution in [0.3, 0.4) is 0 Å². The predicted molar refractivity (Wildman–Crippen MR) is 111 cm³/mol. The number of carbonyl (C=O) groups is 1. The lowest BCUT2D eigenvalue weighted by molar-refractivity contribution is -0.141. The summed E-state index contributed by atoms with van der Waals surface area (Å²) in [6.07, 6.45) is -1.23. The molecule has 0 saturated heterocycles. The Kier molecular flexibility index (Phi) is 6.26. The summed E-state index contributed by atoms with van der Waals surface area (Å²) in [6.45, 7) is 1.69. The molecule has 0 spiro atoms. The summed E-state index contributed by atoms with van der Waals surface area (Å²) in [5.74, 6) is -0.689. The minimum absolute atomic E-state index is 0. The van der Waals surface area contributed by atoms with Crippen LogP contribution in [0.1, 0.15) is 26.0 Å². The van der Waals surface area contributed by atoms with Crippen molar-refractivity contribution in [3.8, 4) is 0 Å². The van der Waals surface area contributed by atoms with Crippen LogP contribution in [0.4, 0.5) is 22.0 Å². The van der Waals surface area contributed by atoms with Crippen LogP contribution in [0.2, 0.25) is 0 Å². The van der Waals surface area contributed by atoms with E-state index in [1.165, 1.54) is 18.8 Å². The van der Waals surface area contributed by atoms with Crippen molar-refractivity contribution in [1.29, 1.82) is 0 Å². The number of aliphatic imine (C=N–C) groups is 1. The molecule has 2 atom stereocenters. The molecule has 31 heavy (non-hydrogen) atoms. The molecule has 3 N–H and O–H groups in total. The first-order valence-electron chi connectivity index (χ1n) is 9.14. The monoisotopic (exact) mass is 460 g/mol. The number of allylic oxidation sites excluding steroid dienone is 3. The number of fused-ring (bicyclic) bond motifs is 1. The van der Waals surface area contributed by atoms with E-state index in [0.717, 1.165) is 28.8 Å². The van der Waals surface area contributed by atoms with Gasteiger partial charge in [-0.15, -0.1) is 11.8 Å². The molecule has 3 heterocycles. The van der Waals surface area contributed by atoms with Gasteiger partial charge >= 0.3 is 6.18 Å². The predicted octanol–water partition coefficient (Wildman–Crippen LogP) is 4.19. The minimum atomic E-state index is -4.55. The van der Waals surface area contributed by atoms with Gasteiger partial charge in [0.1, 0.15) is 11.4 Å². The van der Waals surface area contributed by atoms with Gasteiger partial charge in [-0.2, -0.15) is 13.2 Å². The maximum Gasteiger partial charge on any atom is 0.433 e. The Labute approximate surface area is 180 Å². The number of rotatable bonds is 6. The van der Waals surface area contributed by atoms with Crippen LogP contribution in [0, 0.1) is 0 Å². The second-order valence-corrected chi connectivity index (χ2v) is 8.51. The molecular weight excluding hydrogens is 439 g/mol. The molecule has 3 aliphatic rings. The van der Waals surface area contributed by atoms with Crippen LogP contribution in [0.15, 0.2) is 57.7 Å². The van der Waals surface area contributed by atoms with Crippen molar-refractivity contribution < 1.29 is 28.2 Å². The molecule has 2 bridgehead atoms. The molecule has 1 amide bonds. The summed E-state index contributed by atoms with van der Waals surface area (Å²) in [5.41, 5.74) is 4.60. The number of hydrogen-bond acceptors (Lipinski definition) is 5. The zero-order valence-electron chi connectivity index (χ0n) is 16.5. The van der Waals surface area contributed by atoms with Crippen LogP contribution in [-0.4, -0.2) is 36.1 Å². The van der Waals surface area contributed by atoms with Crippen molar-refractivity contribution in [3.05, 3.63) is 64.0 Å². The Hall–Kier alpha value is -2.69. The van der Waals surface area contributed by atoms with Crippen LogP contribution in [0.5, 0.6) is 0 Å². The SMILES string of the molecule is CN=C(/C=C(\N)C(F)F)C(=O)NC(C)C1=CC2=CC(c3ccnc(C(F)(F)F)c3)(C2)S1.[HH]. The summed E-state index contributed by atoms with van der Waals surface area (Å²) in [5, 5.41) is 2.67. The van der Waals surface area contributed by atoms with E-state index in [0.29, 0.717) is 12.0 Å². The lowest BCUT2D eigenvalue weighted by Gasteiger charge is -2.44. The van der Waals surface area contributed by atoms with E-state index >= 15 is 0 Å². The van der Waals surface area contributed by atoms with Gasteiger partial charge in [0.05, 0.1) is 16.5 Å². The van der Waals surface area contributed by atoms with E-state index in [9.17, 15) is 26.7 Å². The van der Waals surface area contributed by atoms with Gasteiger partial charge in [-0.3, -0.25) is 14.8 Å². The Morgan fingerprint density at radius 3 is 2.71 bits per heavy atom. The topological polar surface area (TPSA) is 80.4 Å². The van der Waals surface area contributed by atoms with Crippen LogP contribution < -0.4 is 11.1 Å². The zero-order valence-corrected chi connectivity index (χ0v) is 17.3. The molecule has 4 rings (SSSR count). The van der Waals surface area contributed by atoms with Gasteiger partial charge in [0.25, 0.3) is 12.3 Å². The average molecular weight is 460 g/mol. The highest BCUT2D eigenvalue weighted by atomic mass is 32.2. The second-order valence-electron chi connectivity index (χ2n) is 7.11. The van der Waals surface area contributed by atoms with E-state index in [-0.39, 0.29) is 7.14 Å². The van der Waals surface area contributed by atoms with E-state index < -0.39 is 40.7 Å². The van der Waals surface area contributed by atoms with E-state index in [4.69, 9.17) is 5.73 Å². The lowest BCUT2D eigenvalue weighted by atomic mass is 9.79. The van der Waals surface area contributed by atoms with Gasteiger partial charge in [0.2, 0.25) is 0 Å². The highest BCUT2D eigenvalue weighted by molar-refractivity contribution is 8.04. The first-order valence-corrected chi connectivity index (χ1v) is 9.96. The molecule has 0 saturated carbocycles. The summed E-state index contributed by atoms with van der Waals surface area (Å²) in [6, 6.07) is 2.05. The van der Waals surface area contributed by atoms with Gasteiger partial charge in [-0.25, -0.2) is 8.78 Å². The fourth-order valence-corrected chi connectivity index (χ4v) is 4.82. The number of nitrogens with one attached hydrogen (secondary N) is 1. The lowest BCUT2D eigenvalue weighted by Crippen LogP contribution is -2.41.